The molecule has 0 bridgehead atoms. The van der Waals surface area contributed by atoms with Gasteiger partial charge in [-0.1, -0.05) is 0 Å². The molecule has 0 unspecified atom stereocenters. The summed E-state index contributed by atoms with van der Waals surface area (Å²) in [5.74, 6) is -0.593. The number of esters is 1. The summed E-state index contributed by atoms with van der Waals surface area (Å²) in [7, 11) is 1.45. The van der Waals surface area contributed by atoms with Gasteiger partial charge >= 0.3 is 12.1 Å². The fourth-order valence-electron chi connectivity index (χ4n) is 2.20. The van der Waals surface area contributed by atoms with E-state index in [4.69, 9.17) is 9.47 Å². The first-order valence-electron chi connectivity index (χ1n) is 7.05. The van der Waals surface area contributed by atoms with Gasteiger partial charge in [-0.2, -0.15) is 18.3 Å². The van der Waals surface area contributed by atoms with Crippen LogP contribution in [-0.4, -0.2) is 29.9 Å². The fraction of sp³-hybridized carbons (Fsp3) is 0.312. The Morgan fingerprint density at radius 2 is 1.79 bits per heavy atom. The van der Waals surface area contributed by atoms with E-state index in [0.29, 0.717) is 5.75 Å². The van der Waals surface area contributed by atoms with Gasteiger partial charge < -0.3 is 9.47 Å². The average Bonchev–Trinajstić information content (AvgIpc) is 2.54. The fourth-order valence-corrected chi connectivity index (χ4v) is 2.20. The number of hydrogen-bond donors (Lipinski definition) is 0. The molecule has 2 aromatic rings. The lowest BCUT2D eigenvalue weighted by Gasteiger charge is -2.17. The molecule has 0 aliphatic heterocycles. The van der Waals surface area contributed by atoms with Crippen molar-refractivity contribution < 1.29 is 27.4 Å². The van der Waals surface area contributed by atoms with Gasteiger partial charge in [0, 0.05) is 5.56 Å². The maximum atomic E-state index is 13.6. The third-order valence-electron chi connectivity index (χ3n) is 3.28. The van der Waals surface area contributed by atoms with Crippen LogP contribution < -0.4 is 4.74 Å². The van der Waals surface area contributed by atoms with Gasteiger partial charge in [-0.25, -0.2) is 4.79 Å². The normalized spacial score (nSPS) is 11.2. The highest BCUT2D eigenvalue weighted by atomic mass is 19.4. The number of benzene rings is 1. The Balaban J connectivity index is 2.71. The van der Waals surface area contributed by atoms with Gasteiger partial charge in [-0.3, -0.25) is 0 Å². The van der Waals surface area contributed by atoms with Crippen LogP contribution in [0.3, 0.4) is 0 Å². The second-order valence-corrected chi connectivity index (χ2v) is 4.83. The first kappa shape index (κ1) is 17.7. The largest absolute Gasteiger partial charge is 0.497 e. The molecule has 24 heavy (non-hydrogen) atoms. The van der Waals surface area contributed by atoms with Crippen molar-refractivity contribution in [3.63, 3.8) is 0 Å². The topological polar surface area (TPSA) is 61.3 Å². The van der Waals surface area contributed by atoms with Crippen molar-refractivity contribution in [3.05, 3.63) is 41.1 Å². The number of aromatic nitrogens is 2. The molecule has 8 heteroatoms. The number of methoxy groups -OCH3 is 1. The maximum absolute atomic E-state index is 13.6. The van der Waals surface area contributed by atoms with Crippen LogP contribution in [0.5, 0.6) is 5.75 Å². The highest BCUT2D eigenvalue weighted by Gasteiger charge is 2.41. The Labute approximate surface area is 136 Å². The van der Waals surface area contributed by atoms with Gasteiger partial charge in [0.05, 0.1) is 25.0 Å². The molecule has 0 atom stereocenters. The molecule has 0 aliphatic carbocycles. The van der Waals surface area contributed by atoms with Crippen LogP contribution in [0.25, 0.3) is 11.3 Å². The van der Waals surface area contributed by atoms with E-state index < -0.39 is 29.0 Å². The van der Waals surface area contributed by atoms with Gasteiger partial charge in [0.25, 0.3) is 0 Å². The smallest absolute Gasteiger partial charge is 0.419 e. The van der Waals surface area contributed by atoms with E-state index in [2.05, 4.69) is 10.2 Å². The minimum absolute atomic E-state index is 0.0459. The summed E-state index contributed by atoms with van der Waals surface area (Å²) in [5, 5.41) is 7.35. The number of hydrogen-bond acceptors (Lipinski definition) is 5. The summed E-state index contributed by atoms with van der Waals surface area (Å²) in [6, 6.07) is 5.84. The number of aryl methyl sites for hydroxylation is 1. The van der Waals surface area contributed by atoms with Crippen molar-refractivity contribution in [2.24, 2.45) is 0 Å². The quantitative estimate of drug-likeness (QED) is 0.795. The van der Waals surface area contributed by atoms with Crippen LogP contribution in [0.15, 0.2) is 24.3 Å². The molecule has 0 N–H and O–H groups in total. The number of rotatable bonds is 4. The molecule has 0 spiro atoms. The summed E-state index contributed by atoms with van der Waals surface area (Å²) in [6.07, 6.45) is -4.79. The summed E-state index contributed by atoms with van der Waals surface area (Å²) >= 11 is 0. The highest BCUT2D eigenvalue weighted by Crippen LogP contribution is 2.39. The first-order chi connectivity index (χ1) is 11.3. The third-order valence-corrected chi connectivity index (χ3v) is 3.28. The molecule has 128 valence electrons. The molecule has 0 radical (unpaired) electrons. The van der Waals surface area contributed by atoms with E-state index in [9.17, 15) is 18.0 Å². The highest BCUT2D eigenvalue weighted by molar-refractivity contribution is 5.94. The molecule has 5 nitrogen and oxygen atoms in total. The van der Waals surface area contributed by atoms with E-state index >= 15 is 0 Å². The molecule has 0 fully saturated rings. The predicted molar refractivity (Wildman–Crippen MR) is 79.7 cm³/mol. The Morgan fingerprint density at radius 3 is 2.29 bits per heavy atom. The van der Waals surface area contributed by atoms with Gasteiger partial charge in [-0.05, 0) is 38.1 Å². The third kappa shape index (κ3) is 3.47. The van der Waals surface area contributed by atoms with Crippen LogP contribution in [-0.2, 0) is 10.9 Å². The van der Waals surface area contributed by atoms with Crippen LogP contribution in [0, 0.1) is 6.92 Å². The lowest BCUT2D eigenvalue weighted by atomic mass is 9.99. The van der Waals surface area contributed by atoms with Gasteiger partial charge in [-0.15, -0.1) is 5.10 Å². The standard InChI is InChI=1S/C16H15F3N2O3/c1-4-24-15(22)12-9(2)20-21-14(13(12)16(17,18)19)10-5-7-11(23-3)8-6-10/h5-8H,4H2,1-3H3. The number of alkyl halides is 3. The zero-order valence-electron chi connectivity index (χ0n) is 13.3. The summed E-state index contributed by atoms with van der Waals surface area (Å²) in [4.78, 5) is 12.0. The maximum Gasteiger partial charge on any atom is 0.419 e. The van der Waals surface area contributed by atoms with Crippen LogP contribution in [0.4, 0.5) is 13.2 Å². The lowest BCUT2D eigenvalue weighted by Crippen LogP contribution is -2.20. The molecule has 1 aromatic heterocycles. The number of carbonyl (C=O) groups is 1. The summed E-state index contributed by atoms with van der Waals surface area (Å²) in [6.45, 7) is 2.75. The zero-order valence-corrected chi connectivity index (χ0v) is 13.3. The Hall–Kier alpha value is -2.64. The van der Waals surface area contributed by atoms with E-state index in [1.807, 2.05) is 0 Å². The molecule has 2 rings (SSSR count). The molecule has 1 heterocycles. The van der Waals surface area contributed by atoms with Crippen LogP contribution in [0.2, 0.25) is 0 Å². The van der Waals surface area contributed by atoms with Crippen LogP contribution >= 0.6 is 0 Å². The second kappa shape index (κ2) is 6.86. The zero-order chi connectivity index (χ0) is 17.9. The molecule has 1 aromatic carbocycles. The first-order valence-corrected chi connectivity index (χ1v) is 7.05. The average molecular weight is 340 g/mol. The molecular weight excluding hydrogens is 325 g/mol. The van der Waals surface area contributed by atoms with Gasteiger partial charge in [0.2, 0.25) is 0 Å². The minimum atomic E-state index is -4.79. The van der Waals surface area contributed by atoms with Crippen molar-refractivity contribution >= 4 is 5.97 Å². The Kier molecular flexibility index (Phi) is 5.06. The van der Waals surface area contributed by atoms with Crippen molar-refractivity contribution in [2.45, 2.75) is 20.0 Å². The number of carbonyl (C=O) groups excluding carboxylic acids is 1. The number of ether oxygens (including phenoxy) is 2. The number of nitrogens with zero attached hydrogens (tertiary/aromatic N) is 2. The molecule has 0 saturated carbocycles. The Morgan fingerprint density at radius 1 is 1.17 bits per heavy atom. The van der Waals surface area contributed by atoms with Crippen molar-refractivity contribution in [1.82, 2.24) is 10.2 Å². The molecule has 0 amide bonds. The second-order valence-electron chi connectivity index (χ2n) is 4.83. The van der Waals surface area contributed by atoms with Gasteiger partial charge in [0.15, 0.2) is 0 Å². The van der Waals surface area contributed by atoms with E-state index in [1.54, 1.807) is 0 Å². The van der Waals surface area contributed by atoms with Crippen molar-refractivity contribution in [2.75, 3.05) is 13.7 Å². The Bertz CT molecular complexity index is 743. The van der Waals surface area contributed by atoms with Crippen molar-refractivity contribution in [3.8, 4) is 17.0 Å². The van der Waals surface area contributed by atoms with Gasteiger partial charge in [0.1, 0.15) is 17.0 Å². The molecule has 0 saturated heterocycles. The summed E-state index contributed by atoms with van der Waals surface area (Å²) in [5.41, 5.74) is -2.18. The van der Waals surface area contributed by atoms with Crippen molar-refractivity contribution in [1.29, 1.82) is 0 Å². The lowest BCUT2D eigenvalue weighted by molar-refractivity contribution is -0.138. The summed E-state index contributed by atoms with van der Waals surface area (Å²) < 4.78 is 50.6. The number of halogens is 3. The van der Waals surface area contributed by atoms with Crippen LogP contribution in [0.1, 0.15) is 28.5 Å². The van der Waals surface area contributed by atoms with E-state index in [-0.39, 0.29) is 17.9 Å². The van der Waals surface area contributed by atoms with E-state index in [0.717, 1.165) is 0 Å². The molecule has 0 aliphatic rings. The SMILES string of the molecule is CCOC(=O)c1c(C)nnc(-c2ccc(OC)cc2)c1C(F)(F)F. The molecular formula is C16H15F3N2O3. The minimum Gasteiger partial charge on any atom is -0.497 e. The van der Waals surface area contributed by atoms with E-state index in [1.165, 1.54) is 45.2 Å². The monoisotopic (exact) mass is 340 g/mol. The predicted octanol–water partition coefficient (Wildman–Crippen LogP) is 3.66.